The van der Waals surface area contributed by atoms with Crippen molar-refractivity contribution in [3.63, 3.8) is 0 Å². The van der Waals surface area contributed by atoms with Crippen LogP contribution in [-0.4, -0.2) is 12.3 Å². The number of aryl methyl sites for hydroxylation is 1. The van der Waals surface area contributed by atoms with E-state index >= 15 is 0 Å². The average Bonchev–Trinajstić information content (AvgIpc) is 2.45. The predicted molar refractivity (Wildman–Crippen MR) is 53.3 cm³/mol. The maximum atomic E-state index is 11.4. The van der Waals surface area contributed by atoms with Crippen LogP contribution in [0.4, 0.5) is 10.5 Å². The Morgan fingerprint density at radius 2 is 2.29 bits per heavy atom. The van der Waals surface area contributed by atoms with E-state index in [4.69, 9.17) is 5.73 Å². The van der Waals surface area contributed by atoms with Gasteiger partial charge in [-0.2, -0.15) is 5.43 Å². The Hall–Kier alpha value is -1.59. The summed E-state index contributed by atoms with van der Waals surface area (Å²) in [6.45, 7) is 1.97. The summed E-state index contributed by atoms with van der Waals surface area (Å²) in [7, 11) is 0. The minimum Gasteiger partial charge on any atom is -0.307 e. The lowest BCUT2D eigenvalue weighted by atomic mass is 10.2. The zero-order valence-electron chi connectivity index (χ0n) is 7.82. The fourth-order valence-corrected chi connectivity index (χ4v) is 1.39. The quantitative estimate of drug-likeness (QED) is 0.598. The lowest BCUT2D eigenvalue weighted by molar-refractivity contribution is 0.251. The fourth-order valence-electron chi connectivity index (χ4n) is 1.39. The SMILES string of the molecule is Cc1cccc(N2NC(N)NC2=O)c1. The number of hydrazine groups is 1. The number of amides is 2. The first-order valence-corrected chi connectivity index (χ1v) is 4.36. The molecule has 2 amide bonds. The lowest BCUT2D eigenvalue weighted by Crippen LogP contribution is -2.43. The molecule has 1 atom stereocenters. The molecule has 5 heteroatoms. The summed E-state index contributed by atoms with van der Waals surface area (Å²) in [5, 5.41) is 3.94. The minimum absolute atomic E-state index is 0.233. The van der Waals surface area contributed by atoms with Gasteiger partial charge in [-0.15, -0.1) is 0 Å². The molecule has 0 spiro atoms. The smallest absolute Gasteiger partial charge is 0.307 e. The number of nitrogens with zero attached hydrogens (tertiary/aromatic N) is 1. The maximum absolute atomic E-state index is 11.4. The first-order chi connectivity index (χ1) is 6.66. The Bertz CT molecular complexity index is 366. The number of rotatable bonds is 1. The van der Waals surface area contributed by atoms with E-state index in [1.807, 2.05) is 31.2 Å². The van der Waals surface area contributed by atoms with Gasteiger partial charge in [0, 0.05) is 0 Å². The minimum atomic E-state index is -0.511. The molecule has 1 aliphatic rings. The zero-order valence-corrected chi connectivity index (χ0v) is 7.82. The van der Waals surface area contributed by atoms with Gasteiger partial charge in [-0.05, 0) is 24.6 Å². The standard InChI is InChI=1S/C9H12N4O/c1-6-3-2-4-7(5-6)13-9(14)11-8(10)12-13/h2-5,8,12H,10H2,1H3,(H,11,14). The molecule has 14 heavy (non-hydrogen) atoms. The monoisotopic (exact) mass is 192 g/mol. The first kappa shape index (κ1) is 8.98. The van der Waals surface area contributed by atoms with Crippen molar-refractivity contribution in [3.05, 3.63) is 29.8 Å². The second-order valence-electron chi connectivity index (χ2n) is 3.23. The van der Waals surface area contributed by atoms with Crippen molar-refractivity contribution in [3.8, 4) is 0 Å². The number of benzene rings is 1. The summed E-state index contributed by atoms with van der Waals surface area (Å²) in [6.07, 6.45) is -0.511. The van der Waals surface area contributed by atoms with E-state index in [1.54, 1.807) is 0 Å². The van der Waals surface area contributed by atoms with Crippen LogP contribution in [-0.2, 0) is 0 Å². The van der Waals surface area contributed by atoms with E-state index in [0.29, 0.717) is 0 Å². The van der Waals surface area contributed by atoms with E-state index in [1.165, 1.54) is 5.01 Å². The molecule has 0 bridgehead atoms. The number of nitrogens with one attached hydrogen (secondary N) is 2. The molecule has 1 saturated heterocycles. The molecule has 2 rings (SSSR count). The third-order valence-electron chi connectivity index (χ3n) is 2.01. The number of hydrogen-bond donors (Lipinski definition) is 3. The first-order valence-electron chi connectivity index (χ1n) is 4.36. The Morgan fingerprint density at radius 3 is 2.86 bits per heavy atom. The second-order valence-corrected chi connectivity index (χ2v) is 3.23. The maximum Gasteiger partial charge on any atom is 0.338 e. The van der Waals surface area contributed by atoms with Crippen LogP contribution in [0, 0.1) is 6.92 Å². The summed E-state index contributed by atoms with van der Waals surface area (Å²) in [4.78, 5) is 11.4. The summed E-state index contributed by atoms with van der Waals surface area (Å²) >= 11 is 0. The topological polar surface area (TPSA) is 70.4 Å². The molecule has 0 radical (unpaired) electrons. The van der Waals surface area contributed by atoms with Gasteiger partial charge in [0.15, 0.2) is 6.29 Å². The van der Waals surface area contributed by atoms with Crippen molar-refractivity contribution in [2.24, 2.45) is 5.73 Å². The number of urea groups is 1. The molecule has 74 valence electrons. The van der Waals surface area contributed by atoms with Gasteiger partial charge in [0.1, 0.15) is 0 Å². The molecule has 4 N–H and O–H groups in total. The van der Waals surface area contributed by atoms with Crippen LogP contribution >= 0.6 is 0 Å². The van der Waals surface area contributed by atoms with E-state index in [-0.39, 0.29) is 6.03 Å². The van der Waals surface area contributed by atoms with Crippen molar-refractivity contribution < 1.29 is 4.79 Å². The second kappa shape index (κ2) is 3.28. The van der Waals surface area contributed by atoms with Gasteiger partial charge in [-0.1, -0.05) is 12.1 Å². The summed E-state index contributed by atoms with van der Waals surface area (Å²) in [6, 6.07) is 7.38. The third kappa shape index (κ3) is 1.55. The molecule has 0 saturated carbocycles. The molecule has 5 nitrogen and oxygen atoms in total. The molecule has 0 aliphatic carbocycles. The van der Waals surface area contributed by atoms with Crippen molar-refractivity contribution in [2.45, 2.75) is 13.2 Å². The van der Waals surface area contributed by atoms with E-state index < -0.39 is 6.29 Å². The van der Waals surface area contributed by atoms with Gasteiger partial charge < -0.3 is 5.32 Å². The highest BCUT2D eigenvalue weighted by Crippen LogP contribution is 2.15. The zero-order chi connectivity index (χ0) is 10.1. The van der Waals surface area contributed by atoms with Crippen LogP contribution in [0.1, 0.15) is 5.56 Å². The van der Waals surface area contributed by atoms with E-state index in [9.17, 15) is 4.79 Å². The van der Waals surface area contributed by atoms with Crippen molar-refractivity contribution in [1.29, 1.82) is 0 Å². The molecule has 0 aromatic heterocycles. The van der Waals surface area contributed by atoms with E-state index in [2.05, 4.69) is 10.7 Å². The van der Waals surface area contributed by atoms with Crippen LogP contribution in [0.25, 0.3) is 0 Å². The van der Waals surface area contributed by atoms with Crippen LogP contribution in [0.3, 0.4) is 0 Å². The molecule has 1 aromatic carbocycles. The van der Waals surface area contributed by atoms with Gasteiger partial charge in [0.2, 0.25) is 0 Å². The number of anilines is 1. The highest BCUT2D eigenvalue weighted by molar-refractivity contribution is 5.93. The lowest BCUT2D eigenvalue weighted by Gasteiger charge is -2.14. The Kier molecular flexibility index (Phi) is 2.11. The van der Waals surface area contributed by atoms with Gasteiger partial charge in [0.25, 0.3) is 0 Å². The molecule has 1 heterocycles. The van der Waals surface area contributed by atoms with Crippen LogP contribution in [0.5, 0.6) is 0 Å². The van der Waals surface area contributed by atoms with Crippen molar-refractivity contribution in [1.82, 2.24) is 10.7 Å². The van der Waals surface area contributed by atoms with Gasteiger partial charge in [-0.25, -0.2) is 9.80 Å². The molecule has 1 aliphatic heterocycles. The fraction of sp³-hybridized carbons (Fsp3) is 0.222. The van der Waals surface area contributed by atoms with Crippen LogP contribution in [0.2, 0.25) is 0 Å². The largest absolute Gasteiger partial charge is 0.338 e. The van der Waals surface area contributed by atoms with Crippen LogP contribution < -0.4 is 21.5 Å². The van der Waals surface area contributed by atoms with Crippen molar-refractivity contribution in [2.75, 3.05) is 5.01 Å². The Balaban J connectivity index is 2.27. The molecule has 1 aromatic rings. The van der Waals surface area contributed by atoms with Crippen LogP contribution in [0.15, 0.2) is 24.3 Å². The highest BCUT2D eigenvalue weighted by Gasteiger charge is 2.26. The Labute approximate surface area is 81.9 Å². The van der Waals surface area contributed by atoms with Gasteiger partial charge in [0.05, 0.1) is 5.69 Å². The third-order valence-corrected chi connectivity index (χ3v) is 2.01. The van der Waals surface area contributed by atoms with E-state index in [0.717, 1.165) is 11.3 Å². The van der Waals surface area contributed by atoms with Crippen molar-refractivity contribution >= 4 is 11.7 Å². The highest BCUT2D eigenvalue weighted by atomic mass is 16.2. The van der Waals surface area contributed by atoms with Gasteiger partial charge in [-0.3, -0.25) is 5.73 Å². The number of nitrogens with two attached hydrogens (primary N) is 1. The Morgan fingerprint density at radius 1 is 1.50 bits per heavy atom. The molecule has 1 fully saturated rings. The predicted octanol–water partition coefficient (Wildman–Crippen LogP) is 0.272. The molecular weight excluding hydrogens is 180 g/mol. The molecular formula is C9H12N4O. The normalized spacial score (nSPS) is 21.1. The molecule has 1 unspecified atom stereocenters. The summed E-state index contributed by atoms with van der Waals surface area (Å²) < 4.78 is 0. The number of hydrogen-bond acceptors (Lipinski definition) is 3. The number of carbonyl (C=O) groups excluding carboxylic acids is 1. The summed E-state index contributed by atoms with van der Waals surface area (Å²) in [5.74, 6) is 0. The number of carbonyl (C=O) groups is 1. The average molecular weight is 192 g/mol. The summed E-state index contributed by atoms with van der Waals surface area (Å²) in [5.41, 5.74) is 10.2. The van der Waals surface area contributed by atoms with Gasteiger partial charge >= 0.3 is 6.03 Å².